The third-order valence-corrected chi connectivity index (χ3v) is 3.67. The lowest BCUT2D eigenvalue weighted by molar-refractivity contribution is -0.135. The predicted molar refractivity (Wildman–Crippen MR) is 74.4 cm³/mol. The highest BCUT2D eigenvalue weighted by atomic mass is 16.6. The maximum absolute atomic E-state index is 12.4. The van der Waals surface area contributed by atoms with Gasteiger partial charge in [0.2, 0.25) is 5.91 Å². The quantitative estimate of drug-likeness (QED) is 0.842. The van der Waals surface area contributed by atoms with E-state index < -0.39 is 0 Å². The molecule has 1 fully saturated rings. The molecule has 0 spiro atoms. The molecule has 1 aliphatic rings. The largest absolute Gasteiger partial charge is 0.337 e. The third kappa shape index (κ3) is 3.78. The van der Waals surface area contributed by atoms with E-state index in [-0.39, 0.29) is 11.9 Å². The Morgan fingerprint density at radius 3 is 3.05 bits per heavy atom. The number of nitrogens with two attached hydrogens (primary N) is 1. The normalized spacial score (nSPS) is 19.5. The number of hydrogen-bond donors (Lipinski definition) is 1. The third-order valence-electron chi connectivity index (χ3n) is 3.67. The van der Waals surface area contributed by atoms with Crippen LogP contribution in [-0.2, 0) is 16.1 Å². The van der Waals surface area contributed by atoms with Gasteiger partial charge in [-0.15, -0.1) is 0 Å². The lowest BCUT2D eigenvalue weighted by atomic mass is 10.0. The number of amides is 1. The maximum Gasteiger partial charge on any atom is 0.227 e. The lowest BCUT2D eigenvalue weighted by Crippen LogP contribution is -2.47. The molecule has 0 saturated carbocycles. The second-order valence-electron chi connectivity index (χ2n) is 5.24. The Hall–Kier alpha value is -1.39. The van der Waals surface area contributed by atoms with Crippen LogP contribution in [0.2, 0.25) is 0 Å². The molecular weight excluding hydrogens is 240 g/mol. The fraction of sp³-hybridized carbons (Fsp3) is 0.533. The van der Waals surface area contributed by atoms with Crippen LogP contribution in [0.1, 0.15) is 30.4 Å². The summed E-state index contributed by atoms with van der Waals surface area (Å²) in [7, 11) is 0. The van der Waals surface area contributed by atoms with Gasteiger partial charge in [0, 0.05) is 6.54 Å². The summed E-state index contributed by atoms with van der Waals surface area (Å²) >= 11 is 0. The molecule has 4 heteroatoms. The molecule has 1 atom stereocenters. The van der Waals surface area contributed by atoms with Crippen molar-refractivity contribution in [2.24, 2.45) is 5.90 Å². The van der Waals surface area contributed by atoms with Crippen molar-refractivity contribution in [3.05, 3.63) is 35.4 Å². The van der Waals surface area contributed by atoms with Crippen molar-refractivity contribution >= 4 is 5.91 Å². The second-order valence-corrected chi connectivity index (χ2v) is 5.24. The average molecular weight is 262 g/mol. The van der Waals surface area contributed by atoms with Gasteiger partial charge in [-0.2, -0.15) is 0 Å². The number of piperidine rings is 1. The molecule has 1 saturated heterocycles. The minimum Gasteiger partial charge on any atom is -0.337 e. The fourth-order valence-corrected chi connectivity index (χ4v) is 2.71. The summed E-state index contributed by atoms with van der Waals surface area (Å²) in [5.41, 5.74) is 2.26. The molecule has 2 N–H and O–H groups in total. The molecule has 1 aliphatic heterocycles. The van der Waals surface area contributed by atoms with Crippen LogP contribution in [0.25, 0.3) is 0 Å². The van der Waals surface area contributed by atoms with Gasteiger partial charge in [0.15, 0.2) is 0 Å². The van der Waals surface area contributed by atoms with E-state index >= 15 is 0 Å². The molecule has 0 radical (unpaired) electrons. The maximum atomic E-state index is 12.4. The van der Waals surface area contributed by atoms with E-state index in [1.807, 2.05) is 30.0 Å². The number of carbonyl (C=O) groups is 1. The fourth-order valence-electron chi connectivity index (χ4n) is 2.71. The number of rotatable bonds is 4. The summed E-state index contributed by atoms with van der Waals surface area (Å²) in [5, 5.41) is 0. The first kappa shape index (κ1) is 14.0. The van der Waals surface area contributed by atoms with Gasteiger partial charge in [-0.05, 0) is 31.7 Å². The number of nitrogens with zero attached hydrogens (tertiary/aromatic N) is 1. The van der Waals surface area contributed by atoms with Crippen molar-refractivity contribution in [2.75, 3.05) is 13.2 Å². The summed E-state index contributed by atoms with van der Waals surface area (Å²) in [6.07, 6.45) is 3.66. The Bertz CT molecular complexity index is 432. The molecule has 4 nitrogen and oxygen atoms in total. The molecule has 1 aromatic rings. The molecule has 1 amide bonds. The summed E-state index contributed by atoms with van der Waals surface area (Å²) in [6.45, 7) is 3.29. The van der Waals surface area contributed by atoms with Crippen molar-refractivity contribution in [3.8, 4) is 0 Å². The first-order chi connectivity index (χ1) is 9.20. The van der Waals surface area contributed by atoms with Crippen molar-refractivity contribution < 1.29 is 9.63 Å². The summed E-state index contributed by atoms with van der Waals surface area (Å²) in [6, 6.07) is 8.24. The molecular formula is C15H22N2O2. The SMILES string of the molecule is Cc1cccc(CC(=O)N2CCCCC2CON)c1. The van der Waals surface area contributed by atoms with Gasteiger partial charge in [-0.1, -0.05) is 29.8 Å². The van der Waals surface area contributed by atoms with Crippen LogP contribution < -0.4 is 5.90 Å². The van der Waals surface area contributed by atoms with Crippen molar-refractivity contribution in [1.29, 1.82) is 0 Å². The van der Waals surface area contributed by atoms with Crippen molar-refractivity contribution in [2.45, 2.75) is 38.6 Å². The van der Waals surface area contributed by atoms with Crippen molar-refractivity contribution in [1.82, 2.24) is 4.90 Å². The van der Waals surface area contributed by atoms with Crippen LogP contribution in [0, 0.1) is 6.92 Å². The van der Waals surface area contributed by atoms with Crippen LogP contribution >= 0.6 is 0 Å². The molecule has 0 bridgehead atoms. The lowest BCUT2D eigenvalue weighted by Gasteiger charge is -2.35. The molecule has 19 heavy (non-hydrogen) atoms. The van der Waals surface area contributed by atoms with Gasteiger partial charge in [-0.3, -0.25) is 4.79 Å². The molecule has 1 aromatic carbocycles. The first-order valence-corrected chi connectivity index (χ1v) is 6.87. The van der Waals surface area contributed by atoms with Gasteiger partial charge < -0.3 is 9.74 Å². The van der Waals surface area contributed by atoms with Crippen LogP contribution in [-0.4, -0.2) is 30.0 Å². The monoisotopic (exact) mass is 262 g/mol. The highest BCUT2D eigenvalue weighted by Gasteiger charge is 2.26. The molecule has 0 aromatic heterocycles. The predicted octanol–water partition coefficient (Wildman–Crippen LogP) is 1.81. The van der Waals surface area contributed by atoms with E-state index in [1.165, 1.54) is 5.56 Å². The Kier molecular flexibility index (Phi) is 4.93. The summed E-state index contributed by atoms with van der Waals surface area (Å²) in [5.74, 6) is 5.33. The average Bonchev–Trinajstić information content (AvgIpc) is 2.39. The van der Waals surface area contributed by atoms with Gasteiger partial charge in [0.25, 0.3) is 0 Å². The zero-order valence-corrected chi connectivity index (χ0v) is 11.5. The van der Waals surface area contributed by atoms with Crippen LogP contribution in [0.4, 0.5) is 0 Å². The molecule has 104 valence electrons. The van der Waals surface area contributed by atoms with E-state index in [1.54, 1.807) is 0 Å². The van der Waals surface area contributed by atoms with E-state index in [4.69, 9.17) is 10.7 Å². The van der Waals surface area contributed by atoms with E-state index in [0.29, 0.717) is 13.0 Å². The first-order valence-electron chi connectivity index (χ1n) is 6.87. The van der Waals surface area contributed by atoms with Gasteiger partial charge >= 0.3 is 0 Å². The molecule has 1 unspecified atom stereocenters. The zero-order valence-electron chi connectivity index (χ0n) is 11.5. The van der Waals surface area contributed by atoms with Crippen molar-refractivity contribution in [3.63, 3.8) is 0 Å². The van der Waals surface area contributed by atoms with Gasteiger partial charge in [0.05, 0.1) is 19.1 Å². The topological polar surface area (TPSA) is 55.6 Å². The summed E-state index contributed by atoms with van der Waals surface area (Å²) < 4.78 is 0. The minimum atomic E-state index is 0.135. The Balaban J connectivity index is 2.01. The van der Waals surface area contributed by atoms with Crippen LogP contribution in [0.15, 0.2) is 24.3 Å². The zero-order chi connectivity index (χ0) is 13.7. The number of benzene rings is 1. The number of aryl methyl sites for hydroxylation is 1. The Morgan fingerprint density at radius 2 is 2.32 bits per heavy atom. The smallest absolute Gasteiger partial charge is 0.227 e. The highest BCUT2D eigenvalue weighted by molar-refractivity contribution is 5.79. The minimum absolute atomic E-state index is 0.135. The molecule has 2 rings (SSSR count). The van der Waals surface area contributed by atoms with E-state index in [0.717, 1.165) is 31.4 Å². The molecule has 1 heterocycles. The molecule has 0 aliphatic carbocycles. The van der Waals surface area contributed by atoms with E-state index in [2.05, 4.69) is 6.07 Å². The van der Waals surface area contributed by atoms with Crippen LogP contribution in [0.3, 0.4) is 0 Å². The number of likely N-dealkylation sites (tertiary alicyclic amines) is 1. The van der Waals surface area contributed by atoms with Gasteiger partial charge in [-0.25, -0.2) is 5.90 Å². The van der Waals surface area contributed by atoms with E-state index in [9.17, 15) is 4.79 Å². The summed E-state index contributed by atoms with van der Waals surface area (Å²) in [4.78, 5) is 19.1. The van der Waals surface area contributed by atoms with Gasteiger partial charge in [0.1, 0.15) is 0 Å². The van der Waals surface area contributed by atoms with Crippen LogP contribution in [0.5, 0.6) is 0 Å². The number of hydrogen-bond acceptors (Lipinski definition) is 3. The number of carbonyl (C=O) groups excluding carboxylic acids is 1. The highest BCUT2D eigenvalue weighted by Crippen LogP contribution is 2.18. The second kappa shape index (κ2) is 6.68. The Morgan fingerprint density at radius 1 is 1.47 bits per heavy atom. The standard InChI is InChI=1S/C15H22N2O2/c1-12-5-4-6-13(9-12)10-15(18)17-8-3-2-7-14(17)11-19-16/h4-6,9,14H,2-3,7-8,10-11,16H2,1H3. The Labute approximate surface area is 114 Å².